The number of hydrogen-bond acceptors (Lipinski definition) is 7. The molecule has 0 radical (unpaired) electrons. The van der Waals surface area contributed by atoms with Crippen LogP contribution in [-0.2, 0) is 11.8 Å². The van der Waals surface area contributed by atoms with Crippen LogP contribution in [0.15, 0.2) is 16.7 Å². The predicted octanol–water partition coefficient (Wildman–Crippen LogP) is 2.20. The van der Waals surface area contributed by atoms with Crippen LogP contribution in [0.3, 0.4) is 0 Å². The van der Waals surface area contributed by atoms with Crippen LogP contribution in [0.25, 0.3) is 0 Å². The van der Waals surface area contributed by atoms with Gasteiger partial charge in [-0.3, -0.25) is 15.0 Å². The fourth-order valence-corrected chi connectivity index (χ4v) is 4.65. The SMILES string of the molecule is CCSc1nnc(NC(=O)CN2CCC[C@H](c3nccn3C)C2)s1. The third-order valence-electron chi connectivity index (χ3n) is 4.02. The number of carbonyl (C=O) groups excluding carboxylic acids is 1. The lowest BCUT2D eigenvalue weighted by Gasteiger charge is -2.31. The molecular formula is C15H22N6OS2. The summed E-state index contributed by atoms with van der Waals surface area (Å²) in [6, 6.07) is 0. The molecule has 1 saturated heterocycles. The van der Waals surface area contributed by atoms with Gasteiger partial charge in [0.1, 0.15) is 5.82 Å². The number of aryl methyl sites for hydroxylation is 1. The van der Waals surface area contributed by atoms with Crippen molar-refractivity contribution in [3.8, 4) is 0 Å². The largest absolute Gasteiger partial charge is 0.338 e. The van der Waals surface area contributed by atoms with Gasteiger partial charge in [0.25, 0.3) is 0 Å². The van der Waals surface area contributed by atoms with Gasteiger partial charge in [-0.25, -0.2) is 4.98 Å². The Hall–Kier alpha value is -1.45. The zero-order valence-corrected chi connectivity index (χ0v) is 15.6. The van der Waals surface area contributed by atoms with E-state index in [2.05, 4.69) is 36.9 Å². The summed E-state index contributed by atoms with van der Waals surface area (Å²) in [5.74, 6) is 2.41. The number of nitrogens with one attached hydrogen (secondary N) is 1. The first-order chi connectivity index (χ1) is 11.7. The van der Waals surface area contributed by atoms with E-state index in [1.54, 1.807) is 11.8 Å². The molecule has 0 saturated carbocycles. The van der Waals surface area contributed by atoms with Crippen molar-refractivity contribution >= 4 is 34.1 Å². The second-order valence-electron chi connectivity index (χ2n) is 5.82. The quantitative estimate of drug-likeness (QED) is 0.624. The minimum Gasteiger partial charge on any atom is -0.338 e. The van der Waals surface area contributed by atoms with Crippen LogP contribution >= 0.6 is 23.1 Å². The smallest absolute Gasteiger partial charge is 0.240 e. The molecule has 7 nitrogen and oxygen atoms in total. The van der Waals surface area contributed by atoms with E-state index in [0.717, 1.165) is 41.8 Å². The molecule has 0 aliphatic carbocycles. The predicted molar refractivity (Wildman–Crippen MR) is 96.6 cm³/mol. The Bertz CT molecular complexity index is 685. The number of aromatic nitrogens is 4. The summed E-state index contributed by atoms with van der Waals surface area (Å²) in [5, 5.41) is 11.5. The van der Waals surface area contributed by atoms with Gasteiger partial charge in [-0.05, 0) is 25.1 Å². The molecular weight excluding hydrogens is 344 g/mol. The van der Waals surface area contributed by atoms with Crippen molar-refractivity contribution in [1.29, 1.82) is 0 Å². The van der Waals surface area contributed by atoms with Gasteiger partial charge in [0.2, 0.25) is 11.0 Å². The summed E-state index contributed by atoms with van der Waals surface area (Å²) in [4.78, 5) is 18.9. The van der Waals surface area contributed by atoms with Crippen molar-refractivity contribution in [2.75, 3.05) is 30.7 Å². The minimum absolute atomic E-state index is 0.0281. The first-order valence-electron chi connectivity index (χ1n) is 8.11. The van der Waals surface area contributed by atoms with E-state index in [1.807, 2.05) is 19.4 Å². The van der Waals surface area contributed by atoms with Crippen LogP contribution in [0.5, 0.6) is 0 Å². The molecule has 1 N–H and O–H groups in total. The number of carbonyl (C=O) groups is 1. The minimum atomic E-state index is -0.0281. The highest BCUT2D eigenvalue weighted by molar-refractivity contribution is 8.01. The summed E-state index contributed by atoms with van der Waals surface area (Å²) in [7, 11) is 2.02. The highest BCUT2D eigenvalue weighted by Crippen LogP contribution is 2.26. The Morgan fingerprint density at radius 3 is 3.12 bits per heavy atom. The van der Waals surface area contributed by atoms with Crippen LogP contribution in [0.2, 0.25) is 0 Å². The van der Waals surface area contributed by atoms with Gasteiger partial charge in [-0.1, -0.05) is 30.0 Å². The van der Waals surface area contributed by atoms with Gasteiger partial charge >= 0.3 is 0 Å². The molecule has 1 aliphatic rings. The maximum Gasteiger partial charge on any atom is 0.240 e. The molecule has 0 aromatic carbocycles. The molecule has 3 heterocycles. The first kappa shape index (κ1) is 17.4. The van der Waals surface area contributed by atoms with Crippen molar-refractivity contribution in [3.63, 3.8) is 0 Å². The molecule has 2 aromatic rings. The molecule has 0 bridgehead atoms. The molecule has 1 amide bonds. The lowest BCUT2D eigenvalue weighted by atomic mass is 9.97. The molecule has 1 fully saturated rings. The summed E-state index contributed by atoms with van der Waals surface area (Å²) >= 11 is 3.06. The van der Waals surface area contributed by atoms with Crippen molar-refractivity contribution in [2.24, 2.45) is 7.05 Å². The van der Waals surface area contributed by atoms with Crippen LogP contribution in [0, 0.1) is 0 Å². The van der Waals surface area contributed by atoms with Gasteiger partial charge in [-0.2, -0.15) is 0 Å². The first-order valence-corrected chi connectivity index (χ1v) is 9.91. The normalized spacial score (nSPS) is 18.7. The lowest BCUT2D eigenvalue weighted by Crippen LogP contribution is -2.40. The van der Waals surface area contributed by atoms with E-state index >= 15 is 0 Å². The number of anilines is 1. The fraction of sp³-hybridized carbons (Fsp3) is 0.600. The third-order valence-corrected chi connectivity index (χ3v) is 5.87. The Kier molecular flexibility index (Phi) is 5.85. The molecule has 3 rings (SSSR count). The number of amides is 1. The summed E-state index contributed by atoms with van der Waals surface area (Å²) in [6.07, 6.45) is 6.02. The molecule has 1 atom stereocenters. The maximum atomic E-state index is 12.3. The van der Waals surface area contributed by atoms with Gasteiger partial charge in [0.15, 0.2) is 4.34 Å². The average molecular weight is 367 g/mol. The van der Waals surface area contributed by atoms with Gasteiger partial charge in [-0.15, -0.1) is 10.2 Å². The average Bonchev–Trinajstić information content (AvgIpc) is 3.17. The number of piperidine rings is 1. The van der Waals surface area contributed by atoms with Crippen LogP contribution < -0.4 is 5.32 Å². The second-order valence-corrected chi connectivity index (χ2v) is 8.31. The topological polar surface area (TPSA) is 75.9 Å². The standard InChI is InChI=1S/C15H22N6OS2/c1-3-23-15-19-18-14(24-15)17-12(22)10-21-7-4-5-11(9-21)13-16-6-8-20(13)2/h6,8,11H,3-5,7,9-10H2,1-2H3,(H,17,18,22)/t11-/m0/s1. The van der Waals surface area contributed by atoms with Crippen LogP contribution in [0.1, 0.15) is 31.5 Å². The Balaban J connectivity index is 1.53. The number of imidazole rings is 1. The Labute approximate surface area is 149 Å². The molecule has 0 unspecified atom stereocenters. The van der Waals surface area contributed by atoms with Crippen molar-refractivity contribution in [1.82, 2.24) is 24.6 Å². The van der Waals surface area contributed by atoms with Crippen LogP contribution in [0.4, 0.5) is 5.13 Å². The van der Waals surface area contributed by atoms with Crippen molar-refractivity contribution < 1.29 is 4.79 Å². The number of nitrogens with zero attached hydrogens (tertiary/aromatic N) is 5. The van der Waals surface area contributed by atoms with E-state index in [-0.39, 0.29) is 5.91 Å². The summed E-state index contributed by atoms with van der Waals surface area (Å²) in [6.45, 7) is 4.27. The number of hydrogen-bond donors (Lipinski definition) is 1. The second kappa shape index (κ2) is 8.09. The summed E-state index contributed by atoms with van der Waals surface area (Å²) in [5.41, 5.74) is 0. The van der Waals surface area contributed by atoms with Gasteiger partial charge in [0, 0.05) is 31.9 Å². The molecule has 9 heteroatoms. The Morgan fingerprint density at radius 2 is 2.38 bits per heavy atom. The number of rotatable bonds is 6. The number of likely N-dealkylation sites (tertiary alicyclic amines) is 1. The monoisotopic (exact) mass is 366 g/mol. The van der Waals surface area contributed by atoms with Crippen molar-refractivity contribution in [3.05, 3.63) is 18.2 Å². The zero-order valence-electron chi connectivity index (χ0n) is 13.9. The Morgan fingerprint density at radius 1 is 1.50 bits per heavy atom. The molecule has 24 heavy (non-hydrogen) atoms. The van der Waals surface area contributed by atoms with E-state index in [9.17, 15) is 4.79 Å². The molecule has 2 aromatic heterocycles. The lowest BCUT2D eigenvalue weighted by molar-refractivity contribution is -0.117. The number of thioether (sulfide) groups is 1. The zero-order chi connectivity index (χ0) is 16.9. The molecule has 130 valence electrons. The van der Waals surface area contributed by atoms with E-state index in [0.29, 0.717) is 17.6 Å². The maximum absolute atomic E-state index is 12.3. The highest BCUT2D eigenvalue weighted by atomic mass is 32.2. The molecule has 1 aliphatic heterocycles. The molecule has 0 spiro atoms. The fourth-order valence-electron chi connectivity index (χ4n) is 2.98. The summed E-state index contributed by atoms with van der Waals surface area (Å²) < 4.78 is 2.96. The van der Waals surface area contributed by atoms with E-state index < -0.39 is 0 Å². The third kappa shape index (κ3) is 4.34. The van der Waals surface area contributed by atoms with Crippen molar-refractivity contribution in [2.45, 2.75) is 30.0 Å². The van der Waals surface area contributed by atoms with E-state index in [1.165, 1.54) is 11.3 Å². The van der Waals surface area contributed by atoms with Gasteiger partial charge in [0.05, 0.1) is 6.54 Å². The van der Waals surface area contributed by atoms with E-state index in [4.69, 9.17) is 0 Å². The van der Waals surface area contributed by atoms with Crippen LogP contribution in [-0.4, -0.2) is 55.9 Å². The van der Waals surface area contributed by atoms with Gasteiger partial charge < -0.3 is 4.57 Å². The highest BCUT2D eigenvalue weighted by Gasteiger charge is 2.25.